The van der Waals surface area contributed by atoms with Crippen molar-refractivity contribution < 1.29 is 4.79 Å². The fraction of sp³-hybridized carbons (Fsp3) is 0.909. The van der Waals surface area contributed by atoms with E-state index in [0.29, 0.717) is 6.54 Å². The average molecular weight is 200 g/mol. The van der Waals surface area contributed by atoms with Crippen molar-refractivity contribution in [2.75, 3.05) is 19.6 Å². The molecule has 14 heavy (non-hydrogen) atoms. The highest BCUT2D eigenvalue weighted by Crippen LogP contribution is 2.17. The number of carbonyl (C=O) groups is 1. The van der Waals surface area contributed by atoms with Crippen LogP contribution in [0.3, 0.4) is 0 Å². The Balaban J connectivity index is 4.41. The van der Waals surface area contributed by atoms with Crippen LogP contribution < -0.4 is 5.73 Å². The predicted octanol–water partition coefficient (Wildman–Crippen LogP) is 1.62. The molecule has 0 radical (unpaired) electrons. The number of carbonyl (C=O) groups excluding carboxylic acids is 1. The van der Waals surface area contributed by atoms with Gasteiger partial charge in [0.05, 0.1) is 5.41 Å². The summed E-state index contributed by atoms with van der Waals surface area (Å²) < 4.78 is 0. The van der Waals surface area contributed by atoms with Crippen LogP contribution in [0.1, 0.15) is 40.5 Å². The molecule has 0 spiro atoms. The number of nitrogens with zero attached hydrogens (tertiary/aromatic N) is 1. The van der Waals surface area contributed by atoms with E-state index in [1.54, 1.807) is 0 Å². The molecule has 0 atom stereocenters. The molecular formula is C11H24N2O. The molecule has 1 amide bonds. The Hall–Kier alpha value is -0.570. The molecule has 0 aliphatic carbocycles. The van der Waals surface area contributed by atoms with Crippen LogP contribution in [0.4, 0.5) is 0 Å². The lowest BCUT2D eigenvalue weighted by atomic mass is 9.91. The fourth-order valence-corrected chi connectivity index (χ4v) is 1.37. The molecule has 0 saturated heterocycles. The van der Waals surface area contributed by atoms with Crippen LogP contribution in [0.2, 0.25) is 0 Å². The molecule has 0 aromatic rings. The molecular weight excluding hydrogens is 176 g/mol. The summed E-state index contributed by atoms with van der Waals surface area (Å²) in [6.45, 7) is 10.1. The van der Waals surface area contributed by atoms with Crippen LogP contribution in [-0.2, 0) is 4.79 Å². The van der Waals surface area contributed by atoms with E-state index in [2.05, 4.69) is 13.8 Å². The van der Waals surface area contributed by atoms with Crippen LogP contribution in [0.15, 0.2) is 0 Å². The Morgan fingerprint density at radius 3 is 1.93 bits per heavy atom. The lowest BCUT2D eigenvalue weighted by molar-refractivity contribution is -0.139. The van der Waals surface area contributed by atoms with Crippen molar-refractivity contribution >= 4 is 5.91 Å². The summed E-state index contributed by atoms with van der Waals surface area (Å²) in [7, 11) is 0. The standard InChI is InChI=1S/C11H24N2O/c1-5-7-13(8-6-2)10(14)11(3,4)9-12/h5-9,12H2,1-4H3. The lowest BCUT2D eigenvalue weighted by Gasteiger charge is -2.30. The molecule has 0 aliphatic rings. The summed E-state index contributed by atoms with van der Waals surface area (Å²) in [6.07, 6.45) is 2.01. The Bertz CT molecular complexity index is 172. The van der Waals surface area contributed by atoms with E-state index in [1.165, 1.54) is 0 Å². The Kier molecular flexibility index (Phi) is 5.77. The molecule has 3 nitrogen and oxygen atoms in total. The first kappa shape index (κ1) is 13.4. The first-order chi connectivity index (χ1) is 6.49. The molecule has 0 aliphatic heterocycles. The van der Waals surface area contributed by atoms with Gasteiger partial charge < -0.3 is 10.6 Å². The molecule has 0 aromatic heterocycles. The SMILES string of the molecule is CCCN(CCC)C(=O)C(C)(C)CN. The van der Waals surface area contributed by atoms with Crippen molar-refractivity contribution in [3.63, 3.8) is 0 Å². The molecule has 0 rings (SSSR count). The van der Waals surface area contributed by atoms with Gasteiger partial charge in [-0.3, -0.25) is 4.79 Å². The van der Waals surface area contributed by atoms with E-state index >= 15 is 0 Å². The Morgan fingerprint density at radius 1 is 1.21 bits per heavy atom. The second-order valence-corrected chi connectivity index (χ2v) is 4.38. The van der Waals surface area contributed by atoms with Gasteiger partial charge in [0, 0.05) is 19.6 Å². The zero-order valence-electron chi connectivity index (χ0n) is 9.97. The third-order valence-electron chi connectivity index (χ3n) is 2.36. The Labute approximate surface area is 87.6 Å². The van der Waals surface area contributed by atoms with Gasteiger partial charge in [0.1, 0.15) is 0 Å². The zero-order valence-corrected chi connectivity index (χ0v) is 9.97. The van der Waals surface area contributed by atoms with Crippen LogP contribution in [-0.4, -0.2) is 30.4 Å². The minimum Gasteiger partial charge on any atom is -0.342 e. The monoisotopic (exact) mass is 200 g/mol. The summed E-state index contributed by atoms with van der Waals surface area (Å²) in [5.74, 6) is 0.184. The molecule has 0 bridgehead atoms. The Morgan fingerprint density at radius 2 is 1.64 bits per heavy atom. The summed E-state index contributed by atoms with van der Waals surface area (Å²) in [6, 6.07) is 0. The first-order valence-electron chi connectivity index (χ1n) is 5.49. The number of rotatable bonds is 6. The van der Waals surface area contributed by atoms with Crippen molar-refractivity contribution in [2.45, 2.75) is 40.5 Å². The smallest absolute Gasteiger partial charge is 0.229 e. The van der Waals surface area contributed by atoms with Crippen molar-refractivity contribution in [1.82, 2.24) is 4.90 Å². The quantitative estimate of drug-likeness (QED) is 0.708. The van der Waals surface area contributed by atoms with Gasteiger partial charge in [0.15, 0.2) is 0 Å². The molecule has 0 fully saturated rings. The number of hydrogen-bond donors (Lipinski definition) is 1. The maximum Gasteiger partial charge on any atom is 0.229 e. The maximum atomic E-state index is 12.0. The minimum absolute atomic E-state index is 0.184. The van der Waals surface area contributed by atoms with Crippen molar-refractivity contribution in [1.29, 1.82) is 0 Å². The first-order valence-corrected chi connectivity index (χ1v) is 5.49. The van der Waals surface area contributed by atoms with E-state index < -0.39 is 5.41 Å². The van der Waals surface area contributed by atoms with Crippen LogP contribution in [0.25, 0.3) is 0 Å². The van der Waals surface area contributed by atoms with Crippen molar-refractivity contribution in [3.8, 4) is 0 Å². The fourth-order valence-electron chi connectivity index (χ4n) is 1.37. The lowest BCUT2D eigenvalue weighted by Crippen LogP contribution is -2.45. The van der Waals surface area contributed by atoms with E-state index in [1.807, 2.05) is 18.7 Å². The maximum absolute atomic E-state index is 12.0. The van der Waals surface area contributed by atoms with E-state index in [4.69, 9.17) is 5.73 Å². The van der Waals surface area contributed by atoms with Crippen LogP contribution >= 0.6 is 0 Å². The molecule has 84 valence electrons. The van der Waals surface area contributed by atoms with Crippen molar-refractivity contribution in [3.05, 3.63) is 0 Å². The van der Waals surface area contributed by atoms with Gasteiger partial charge in [0.25, 0.3) is 0 Å². The zero-order chi connectivity index (χ0) is 11.2. The van der Waals surface area contributed by atoms with Gasteiger partial charge in [-0.25, -0.2) is 0 Å². The number of amides is 1. The minimum atomic E-state index is -0.412. The second kappa shape index (κ2) is 6.02. The molecule has 2 N–H and O–H groups in total. The third kappa shape index (κ3) is 3.66. The number of nitrogens with two attached hydrogens (primary N) is 1. The summed E-state index contributed by atoms with van der Waals surface area (Å²) >= 11 is 0. The molecule has 0 saturated carbocycles. The highest BCUT2D eigenvalue weighted by atomic mass is 16.2. The van der Waals surface area contributed by atoms with Crippen LogP contribution in [0, 0.1) is 5.41 Å². The number of hydrogen-bond acceptors (Lipinski definition) is 2. The topological polar surface area (TPSA) is 46.3 Å². The van der Waals surface area contributed by atoms with Gasteiger partial charge in [0.2, 0.25) is 5.91 Å². The molecule has 3 heteroatoms. The van der Waals surface area contributed by atoms with Crippen LogP contribution in [0.5, 0.6) is 0 Å². The van der Waals surface area contributed by atoms with Gasteiger partial charge in [-0.1, -0.05) is 13.8 Å². The largest absolute Gasteiger partial charge is 0.342 e. The normalized spacial score (nSPS) is 11.5. The third-order valence-corrected chi connectivity index (χ3v) is 2.36. The van der Waals surface area contributed by atoms with Gasteiger partial charge >= 0.3 is 0 Å². The van der Waals surface area contributed by atoms with Crippen molar-refractivity contribution in [2.24, 2.45) is 11.1 Å². The van der Waals surface area contributed by atoms with Gasteiger partial charge in [-0.15, -0.1) is 0 Å². The summed E-state index contributed by atoms with van der Waals surface area (Å²) in [4.78, 5) is 13.9. The van der Waals surface area contributed by atoms with Gasteiger partial charge in [-0.05, 0) is 26.7 Å². The van der Waals surface area contributed by atoms with E-state index in [-0.39, 0.29) is 5.91 Å². The molecule has 0 heterocycles. The average Bonchev–Trinajstić information content (AvgIpc) is 2.16. The summed E-state index contributed by atoms with van der Waals surface area (Å²) in [5, 5.41) is 0. The van der Waals surface area contributed by atoms with E-state index in [0.717, 1.165) is 25.9 Å². The van der Waals surface area contributed by atoms with E-state index in [9.17, 15) is 4.79 Å². The van der Waals surface area contributed by atoms with Gasteiger partial charge in [-0.2, -0.15) is 0 Å². The molecule has 0 aromatic carbocycles. The predicted molar refractivity (Wildman–Crippen MR) is 60.0 cm³/mol. The summed E-state index contributed by atoms with van der Waals surface area (Å²) in [5.41, 5.74) is 5.18. The highest BCUT2D eigenvalue weighted by Gasteiger charge is 2.29. The molecule has 0 unspecified atom stereocenters. The highest BCUT2D eigenvalue weighted by molar-refractivity contribution is 5.82. The second-order valence-electron chi connectivity index (χ2n) is 4.38.